The van der Waals surface area contributed by atoms with Crippen molar-refractivity contribution in [3.63, 3.8) is 0 Å². The molecule has 0 fully saturated rings. The third-order valence-corrected chi connectivity index (χ3v) is 3.37. The van der Waals surface area contributed by atoms with Crippen LogP contribution in [-0.2, 0) is 0 Å². The van der Waals surface area contributed by atoms with Gasteiger partial charge in [-0.25, -0.2) is 0 Å². The van der Waals surface area contributed by atoms with Crippen LogP contribution in [0.25, 0.3) is 11.4 Å². The van der Waals surface area contributed by atoms with Gasteiger partial charge in [-0.15, -0.1) is 0 Å². The van der Waals surface area contributed by atoms with Gasteiger partial charge < -0.3 is 14.0 Å². The van der Waals surface area contributed by atoms with Crippen molar-refractivity contribution in [3.05, 3.63) is 42.5 Å². The Balaban J connectivity index is 1.94. The topological polar surface area (TPSA) is 75.2 Å². The predicted octanol–water partition coefficient (Wildman–Crippen LogP) is 2.56. The number of methoxy groups -OCH3 is 2. The molecule has 0 spiro atoms. The molecule has 0 aliphatic rings. The minimum atomic E-state index is -0.138. The summed E-state index contributed by atoms with van der Waals surface area (Å²) in [5.74, 6) is 2.28. The number of aromatic nitrogens is 4. The molecular weight excluding hydrogens is 284 g/mol. The Bertz CT molecular complexity index is 752. The lowest BCUT2D eigenvalue weighted by Gasteiger charge is -2.07. The van der Waals surface area contributed by atoms with E-state index in [-0.39, 0.29) is 6.04 Å². The first-order chi connectivity index (χ1) is 10.7. The maximum atomic E-state index is 5.36. The first kappa shape index (κ1) is 14.1. The van der Waals surface area contributed by atoms with Gasteiger partial charge in [0.05, 0.1) is 19.8 Å². The third-order valence-electron chi connectivity index (χ3n) is 3.37. The molecule has 2 heterocycles. The SMILES string of the molecule is COc1ccc(-c2noc([C@@H](C)n3cccn3)n2)c(OC)c1. The Hall–Kier alpha value is -2.83. The molecule has 7 nitrogen and oxygen atoms in total. The van der Waals surface area contributed by atoms with Gasteiger partial charge >= 0.3 is 0 Å². The van der Waals surface area contributed by atoms with Crippen LogP contribution in [0.4, 0.5) is 0 Å². The highest BCUT2D eigenvalue weighted by Crippen LogP contribution is 2.32. The average Bonchev–Trinajstić information content (AvgIpc) is 3.25. The van der Waals surface area contributed by atoms with Gasteiger partial charge in [0.25, 0.3) is 5.89 Å². The van der Waals surface area contributed by atoms with Gasteiger partial charge in [-0.3, -0.25) is 4.68 Å². The molecule has 114 valence electrons. The Kier molecular flexibility index (Phi) is 3.78. The van der Waals surface area contributed by atoms with Crippen molar-refractivity contribution in [2.24, 2.45) is 0 Å². The molecule has 7 heteroatoms. The second-order valence-electron chi connectivity index (χ2n) is 4.68. The van der Waals surface area contributed by atoms with E-state index in [4.69, 9.17) is 14.0 Å². The van der Waals surface area contributed by atoms with E-state index in [1.165, 1.54) is 0 Å². The largest absolute Gasteiger partial charge is 0.497 e. The quantitative estimate of drug-likeness (QED) is 0.721. The minimum absolute atomic E-state index is 0.138. The monoisotopic (exact) mass is 300 g/mol. The Morgan fingerprint density at radius 3 is 2.77 bits per heavy atom. The summed E-state index contributed by atoms with van der Waals surface area (Å²) >= 11 is 0. The third kappa shape index (κ3) is 2.52. The second-order valence-corrected chi connectivity index (χ2v) is 4.68. The zero-order valence-corrected chi connectivity index (χ0v) is 12.6. The second kappa shape index (κ2) is 5.88. The highest BCUT2D eigenvalue weighted by molar-refractivity contribution is 5.65. The summed E-state index contributed by atoms with van der Waals surface area (Å²) in [7, 11) is 3.19. The van der Waals surface area contributed by atoms with Crippen molar-refractivity contribution < 1.29 is 14.0 Å². The van der Waals surface area contributed by atoms with Crippen LogP contribution in [0.1, 0.15) is 18.9 Å². The predicted molar refractivity (Wildman–Crippen MR) is 78.9 cm³/mol. The summed E-state index contributed by atoms with van der Waals surface area (Å²) in [4.78, 5) is 4.44. The lowest BCUT2D eigenvalue weighted by Crippen LogP contribution is -2.07. The van der Waals surface area contributed by atoms with Crippen molar-refractivity contribution >= 4 is 0 Å². The number of hydrogen-bond acceptors (Lipinski definition) is 6. The summed E-state index contributed by atoms with van der Waals surface area (Å²) in [5, 5.41) is 8.21. The van der Waals surface area contributed by atoms with Gasteiger partial charge in [0.1, 0.15) is 17.5 Å². The van der Waals surface area contributed by atoms with E-state index in [1.54, 1.807) is 31.2 Å². The molecule has 0 amide bonds. The molecule has 22 heavy (non-hydrogen) atoms. The van der Waals surface area contributed by atoms with E-state index >= 15 is 0 Å². The number of rotatable bonds is 5. The van der Waals surface area contributed by atoms with Gasteiger partial charge in [0.15, 0.2) is 0 Å². The smallest absolute Gasteiger partial charge is 0.251 e. The average molecular weight is 300 g/mol. The fourth-order valence-electron chi connectivity index (χ4n) is 2.12. The first-order valence-corrected chi connectivity index (χ1v) is 6.78. The molecular formula is C15H16N4O3. The van der Waals surface area contributed by atoms with Crippen molar-refractivity contribution in [1.82, 2.24) is 19.9 Å². The summed E-state index contributed by atoms with van der Waals surface area (Å²) in [6.07, 6.45) is 3.56. The summed E-state index contributed by atoms with van der Waals surface area (Å²) < 4.78 is 17.7. The Morgan fingerprint density at radius 1 is 1.23 bits per heavy atom. The highest BCUT2D eigenvalue weighted by atomic mass is 16.5. The first-order valence-electron chi connectivity index (χ1n) is 6.78. The van der Waals surface area contributed by atoms with E-state index in [0.717, 1.165) is 5.56 Å². The number of ether oxygens (including phenoxy) is 2. The zero-order chi connectivity index (χ0) is 15.5. The molecule has 2 aromatic heterocycles. The van der Waals surface area contributed by atoms with Gasteiger partial charge in [-0.1, -0.05) is 5.16 Å². The number of hydrogen-bond donors (Lipinski definition) is 0. The standard InChI is InChI=1S/C15H16N4O3/c1-10(19-8-4-7-16-19)15-17-14(18-22-15)12-6-5-11(20-2)9-13(12)21-3/h4-10H,1-3H3/t10-/m1/s1. The fourth-order valence-corrected chi connectivity index (χ4v) is 2.12. The van der Waals surface area contributed by atoms with Crippen molar-refractivity contribution in [1.29, 1.82) is 0 Å². The lowest BCUT2D eigenvalue weighted by molar-refractivity contribution is 0.336. The molecule has 0 saturated carbocycles. The highest BCUT2D eigenvalue weighted by Gasteiger charge is 2.19. The fraction of sp³-hybridized carbons (Fsp3) is 0.267. The van der Waals surface area contributed by atoms with Crippen molar-refractivity contribution in [2.75, 3.05) is 14.2 Å². The molecule has 0 saturated heterocycles. The number of nitrogens with zero attached hydrogens (tertiary/aromatic N) is 4. The van der Waals surface area contributed by atoms with Crippen molar-refractivity contribution in [2.45, 2.75) is 13.0 Å². The van der Waals surface area contributed by atoms with Crippen LogP contribution in [0.2, 0.25) is 0 Å². The maximum Gasteiger partial charge on any atom is 0.251 e. The summed E-state index contributed by atoms with van der Waals surface area (Å²) in [6.45, 7) is 1.94. The Morgan fingerprint density at radius 2 is 2.09 bits per heavy atom. The van der Waals surface area contributed by atoms with E-state index in [2.05, 4.69) is 15.2 Å². The summed E-state index contributed by atoms with van der Waals surface area (Å²) in [5.41, 5.74) is 0.742. The van der Waals surface area contributed by atoms with Crippen LogP contribution >= 0.6 is 0 Å². The maximum absolute atomic E-state index is 5.36. The van der Waals surface area contributed by atoms with E-state index < -0.39 is 0 Å². The molecule has 0 aliphatic carbocycles. The van der Waals surface area contributed by atoms with Crippen molar-refractivity contribution in [3.8, 4) is 22.9 Å². The van der Waals surface area contributed by atoms with Crippen LogP contribution in [0, 0.1) is 0 Å². The minimum Gasteiger partial charge on any atom is -0.497 e. The van der Waals surface area contributed by atoms with E-state index in [9.17, 15) is 0 Å². The molecule has 0 N–H and O–H groups in total. The van der Waals surface area contributed by atoms with Gasteiger partial charge in [0, 0.05) is 18.5 Å². The van der Waals surface area contributed by atoms with Crippen LogP contribution < -0.4 is 9.47 Å². The number of benzene rings is 1. The molecule has 0 bridgehead atoms. The van der Waals surface area contributed by atoms with Crippen LogP contribution in [-0.4, -0.2) is 34.1 Å². The van der Waals surface area contributed by atoms with Crippen LogP contribution in [0.5, 0.6) is 11.5 Å². The van der Waals surface area contributed by atoms with E-state index in [1.807, 2.05) is 31.3 Å². The zero-order valence-electron chi connectivity index (χ0n) is 12.6. The summed E-state index contributed by atoms with van der Waals surface area (Å²) in [6, 6.07) is 7.15. The molecule has 1 atom stereocenters. The molecule has 0 aliphatic heterocycles. The normalized spacial score (nSPS) is 12.1. The lowest BCUT2D eigenvalue weighted by atomic mass is 10.2. The molecule has 0 unspecified atom stereocenters. The molecule has 3 aromatic rings. The van der Waals surface area contributed by atoms with Gasteiger partial charge in [0.2, 0.25) is 5.82 Å². The Labute approximate surface area is 127 Å². The molecule has 3 rings (SSSR count). The van der Waals surface area contributed by atoms with Crippen LogP contribution in [0.3, 0.4) is 0 Å². The van der Waals surface area contributed by atoms with Gasteiger partial charge in [-0.2, -0.15) is 10.1 Å². The van der Waals surface area contributed by atoms with E-state index in [0.29, 0.717) is 23.2 Å². The van der Waals surface area contributed by atoms with Crippen LogP contribution in [0.15, 0.2) is 41.2 Å². The van der Waals surface area contributed by atoms with Gasteiger partial charge in [-0.05, 0) is 25.1 Å². The molecule has 0 radical (unpaired) electrons. The molecule has 1 aromatic carbocycles.